The Morgan fingerprint density at radius 2 is 2.24 bits per heavy atom. The number of aryl methyl sites for hydroxylation is 1. The van der Waals surface area contributed by atoms with Gasteiger partial charge in [0.2, 0.25) is 0 Å². The number of hydrogen-bond acceptors (Lipinski definition) is 3. The van der Waals surface area contributed by atoms with Gasteiger partial charge in [-0.3, -0.25) is 0 Å². The number of hydrogen-bond donors (Lipinski definition) is 2. The molecule has 2 heterocycles. The summed E-state index contributed by atoms with van der Waals surface area (Å²) in [5.74, 6) is 0. The predicted molar refractivity (Wildman–Crippen MR) is 85.0 cm³/mol. The lowest BCUT2D eigenvalue weighted by atomic mass is 9.99. The minimum atomic E-state index is 0.490. The predicted octanol–water partition coefficient (Wildman–Crippen LogP) is 2.49. The van der Waals surface area contributed by atoms with Gasteiger partial charge in [0.05, 0.1) is 6.33 Å². The van der Waals surface area contributed by atoms with Gasteiger partial charge < -0.3 is 15.2 Å². The second kappa shape index (κ2) is 7.38. The maximum Gasteiger partial charge on any atom is 0.0945 e. The smallest absolute Gasteiger partial charge is 0.0945 e. The molecule has 0 amide bonds. The lowest BCUT2D eigenvalue weighted by Crippen LogP contribution is -2.24. The van der Waals surface area contributed by atoms with E-state index in [-0.39, 0.29) is 0 Å². The van der Waals surface area contributed by atoms with Crippen molar-refractivity contribution in [2.24, 2.45) is 0 Å². The molecular weight excluding hydrogens is 260 g/mol. The summed E-state index contributed by atoms with van der Waals surface area (Å²) in [6.07, 6.45) is 9.31. The fourth-order valence-electron chi connectivity index (χ4n) is 2.99. The van der Waals surface area contributed by atoms with Crippen LogP contribution < -0.4 is 10.6 Å². The van der Waals surface area contributed by atoms with Crippen LogP contribution in [0.25, 0.3) is 0 Å². The number of unbranched alkanes of at least 4 members (excludes halogenated alkanes) is 1. The third-order valence-electron chi connectivity index (χ3n) is 4.15. The molecule has 0 saturated heterocycles. The highest BCUT2D eigenvalue weighted by atomic mass is 15.0. The molecule has 1 aromatic heterocycles. The van der Waals surface area contributed by atoms with Crippen molar-refractivity contribution in [2.45, 2.75) is 38.4 Å². The summed E-state index contributed by atoms with van der Waals surface area (Å²) >= 11 is 0. The molecule has 0 saturated carbocycles. The lowest BCUT2D eigenvalue weighted by Gasteiger charge is -2.19. The first-order valence-electron chi connectivity index (χ1n) is 7.91. The molecule has 1 aliphatic rings. The summed E-state index contributed by atoms with van der Waals surface area (Å²) in [7, 11) is 0. The van der Waals surface area contributed by atoms with Crippen molar-refractivity contribution in [1.82, 2.24) is 20.2 Å². The Bertz CT molecular complexity index is 535. The molecule has 0 spiro atoms. The van der Waals surface area contributed by atoms with E-state index in [2.05, 4.69) is 44.5 Å². The fourth-order valence-corrected chi connectivity index (χ4v) is 2.99. The van der Waals surface area contributed by atoms with E-state index >= 15 is 0 Å². The first kappa shape index (κ1) is 14.3. The van der Waals surface area contributed by atoms with E-state index in [4.69, 9.17) is 0 Å². The zero-order valence-corrected chi connectivity index (χ0v) is 12.5. The Balaban J connectivity index is 1.46. The Kier molecular flexibility index (Phi) is 5.03. The zero-order valence-electron chi connectivity index (χ0n) is 12.5. The minimum Gasteiger partial charge on any atom is -0.337 e. The van der Waals surface area contributed by atoms with Crippen LogP contribution in [0.3, 0.4) is 0 Å². The average molecular weight is 284 g/mol. The Hall–Kier alpha value is -1.65. The molecule has 2 aromatic rings. The molecule has 2 N–H and O–H groups in total. The van der Waals surface area contributed by atoms with E-state index in [0.717, 1.165) is 26.2 Å². The van der Waals surface area contributed by atoms with Gasteiger partial charge in [0.15, 0.2) is 0 Å². The molecule has 4 nitrogen and oxygen atoms in total. The van der Waals surface area contributed by atoms with Crippen LogP contribution >= 0.6 is 0 Å². The lowest BCUT2D eigenvalue weighted by molar-refractivity contribution is 0.475. The van der Waals surface area contributed by atoms with Crippen LogP contribution in [0.2, 0.25) is 0 Å². The van der Waals surface area contributed by atoms with E-state index in [1.54, 1.807) is 0 Å². The molecule has 21 heavy (non-hydrogen) atoms. The number of fused-ring (bicyclic) bond motifs is 1. The number of rotatable bonds is 6. The molecule has 0 fully saturated rings. The van der Waals surface area contributed by atoms with Gasteiger partial charge in [-0.1, -0.05) is 24.3 Å². The van der Waals surface area contributed by atoms with E-state index < -0.39 is 0 Å². The van der Waals surface area contributed by atoms with Crippen LogP contribution in [0, 0.1) is 0 Å². The molecule has 0 aliphatic carbocycles. The van der Waals surface area contributed by atoms with Gasteiger partial charge in [-0.25, -0.2) is 4.98 Å². The molecular formula is C17H24N4. The SMILES string of the molecule is c1ccc2c(c1)CNCCC2NCCCCn1ccnc1. The maximum atomic E-state index is 4.07. The standard InChI is InChI=1S/C17H24N4/c1-2-6-16-15(5-1)13-18-9-7-17(16)20-8-3-4-11-21-12-10-19-14-21/h1-2,5-6,10,12,14,17-18,20H,3-4,7-9,11,13H2. The molecule has 1 aliphatic heterocycles. The summed E-state index contributed by atoms with van der Waals surface area (Å²) in [6, 6.07) is 9.28. The van der Waals surface area contributed by atoms with Crippen LogP contribution in [0.15, 0.2) is 43.0 Å². The van der Waals surface area contributed by atoms with Gasteiger partial charge >= 0.3 is 0 Å². The topological polar surface area (TPSA) is 41.9 Å². The van der Waals surface area contributed by atoms with Crippen molar-refractivity contribution in [2.75, 3.05) is 13.1 Å². The normalized spacial score (nSPS) is 18.2. The van der Waals surface area contributed by atoms with Crippen LogP contribution in [0.4, 0.5) is 0 Å². The highest BCUT2D eigenvalue weighted by Crippen LogP contribution is 2.23. The molecule has 3 rings (SSSR count). The molecule has 1 atom stereocenters. The van der Waals surface area contributed by atoms with Gasteiger partial charge in [-0.15, -0.1) is 0 Å². The van der Waals surface area contributed by atoms with E-state index in [1.807, 2.05) is 18.7 Å². The molecule has 1 unspecified atom stereocenters. The second-order valence-electron chi connectivity index (χ2n) is 5.68. The van der Waals surface area contributed by atoms with E-state index in [1.165, 1.54) is 30.4 Å². The van der Waals surface area contributed by atoms with Crippen molar-refractivity contribution < 1.29 is 0 Å². The van der Waals surface area contributed by atoms with Crippen molar-refractivity contribution >= 4 is 0 Å². The number of nitrogens with zero attached hydrogens (tertiary/aromatic N) is 2. The van der Waals surface area contributed by atoms with E-state index in [0.29, 0.717) is 6.04 Å². The molecule has 4 heteroatoms. The van der Waals surface area contributed by atoms with Gasteiger partial charge in [0, 0.05) is 31.5 Å². The first-order valence-corrected chi connectivity index (χ1v) is 7.91. The largest absolute Gasteiger partial charge is 0.337 e. The number of benzene rings is 1. The summed E-state index contributed by atoms with van der Waals surface area (Å²) < 4.78 is 2.14. The van der Waals surface area contributed by atoms with Gasteiger partial charge in [0.25, 0.3) is 0 Å². The highest BCUT2D eigenvalue weighted by Gasteiger charge is 2.16. The van der Waals surface area contributed by atoms with Crippen molar-refractivity contribution in [1.29, 1.82) is 0 Å². The van der Waals surface area contributed by atoms with Gasteiger partial charge in [-0.05, 0) is 43.5 Å². The van der Waals surface area contributed by atoms with Crippen LogP contribution in [-0.2, 0) is 13.1 Å². The zero-order chi connectivity index (χ0) is 14.3. The van der Waals surface area contributed by atoms with Gasteiger partial charge in [-0.2, -0.15) is 0 Å². The third-order valence-corrected chi connectivity index (χ3v) is 4.15. The summed E-state index contributed by atoms with van der Waals surface area (Å²) in [6.45, 7) is 4.22. The van der Waals surface area contributed by atoms with Crippen LogP contribution in [-0.4, -0.2) is 22.6 Å². The van der Waals surface area contributed by atoms with Crippen molar-refractivity contribution in [3.8, 4) is 0 Å². The fraction of sp³-hybridized carbons (Fsp3) is 0.471. The third kappa shape index (κ3) is 3.93. The maximum absolute atomic E-state index is 4.07. The van der Waals surface area contributed by atoms with Crippen LogP contribution in [0.5, 0.6) is 0 Å². The second-order valence-corrected chi connectivity index (χ2v) is 5.68. The minimum absolute atomic E-state index is 0.490. The van der Waals surface area contributed by atoms with E-state index in [9.17, 15) is 0 Å². The number of aromatic nitrogens is 2. The number of imidazole rings is 1. The van der Waals surface area contributed by atoms with Crippen molar-refractivity contribution in [3.63, 3.8) is 0 Å². The molecule has 1 aromatic carbocycles. The quantitative estimate of drug-likeness (QED) is 0.801. The molecule has 0 bridgehead atoms. The molecule has 112 valence electrons. The van der Waals surface area contributed by atoms with Crippen LogP contribution in [0.1, 0.15) is 36.4 Å². The summed E-state index contributed by atoms with van der Waals surface area (Å²) in [4.78, 5) is 4.07. The Morgan fingerprint density at radius 1 is 1.29 bits per heavy atom. The summed E-state index contributed by atoms with van der Waals surface area (Å²) in [5.41, 5.74) is 2.91. The highest BCUT2D eigenvalue weighted by molar-refractivity contribution is 5.30. The first-order chi connectivity index (χ1) is 10.4. The molecule has 0 radical (unpaired) electrons. The average Bonchev–Trinajstić information content (AvgIpc) is 2.94. The Labute approximate surface area is 126 Å². The number of nitrogens with one attached hydrogen (secondary N) is 2. The Morgan fingerprint density at radius 3 is 3.14 bits per heavy atom. The van der Waals surface area contributed by atoms with Gasteiger partial charge in [0.1, 0.15) is 0 Å². The monoisotopic (exact) mass is 284 g/mol. The van der Waals surface area contributed by atoms with Crippen molar-refractivity contribution in [3.05, 3.63) is 54.1 Å². The summed E-state index contributed by atoms with van der Waals surface area (Å²) in [5, 5.41) is 7.24.